The number of fused-ring (bicyclic) bond motifs is 4. The van der Waals surface area contributed by atoms with Gasteiger partial charge in [0.05, 0.1) is 22.4 Å². The van der Waals surface area contributed by atoms with E-state index in [2.05, 4.69) is 209 Å². The van der Waals surface area contributed by atoms with Crippen LogP contribution in [0.4, 0.5) is 11.4 Å². The van der Waals surface area contributed by atoms with E-state index in [4.69, 9.17) is 7.85 Å². The standard InChI is InChI=1S/C59H55BN2S2/c1-9-43(21-23-45-16-12-14-18-50(45)41(7)42(8)55(11-3)62-57-28-25-47(60)34-53(57)54-36-49(63)26-29-58(54)62)44(10-2)22-24-46-17-13-15-19-51(46)59-35-48(37-64-59)61-31-30-39(5)32-40(6)52-33-38(4)20-27-56(52)61/h9-20,25-37,63H,1-2,6,21-24H2,3-5,7-8H3/b31-30-,39-32-,42-41+,44-43-,55-11+. The van der Waals surface area contributed by atoms with Gasteiger partial charge in [-0.1, -0.05) is 122 Å². The van der Waals surface area contributed by atoms with Crippen molar-refractivity contribution in [1.82, 2.24) is 4.57 Å². The molecule has 0 N–H and O–H groups in total. The molecule has 2 nitrogen and oxygen atoms in total. The lowest BCUT2D eigenvalue weighted by atomic mass is 9.90. The summed E-state index contributed by atoms with van der Waals surface area (Å²) in [7, 11) is 6.31. The number of rotatable bonds is 13. The molecule has 1 aliphatic heterocycles. The van der Waals surface area contributed by atoms with Gasteiger partial charge in [-0.2, -0.15) is 0 Å². The monoisotopic (exact) mass is 866 g/mol. The molecule has 0 spiro atoms. The summed E-state index contributed by atoms with van der Waals surface area (Å²) in [6, 6.07) is 39.2. The molecular weight excluding hydrogens is 812 g/mol. The van der Waals surface area contributed by atoms with Crippen LogP contribution in [0.3, 0.4) is 0 Å². The molecule has 1 aliphatic rings. The first-order valence-corrected chi connectivity index (χ1v) is 23.4. The predicted molar refractivity (Wildman–Crippen MR) is 286 cm³/mol. The van der Waals surface area contributed by atoms with E-state index in [0.717, 1.165) is 86.1 Å². The SMILES string of the molecule is [B]c1ccc2c(c1)c1cc(S)ccc1n2C(=C/C)/C(C)=C(\C)c1ccccc1CC/C(C=C)=C(/C=C)CCc1ccccc1-c1cc(N2/C=C\C(C)=C/C(=C)c3cc(C)ccc32)cs1. The molecule has 0 bridgehead atoms. The van der Waals surface area contributed by atoms with E-state index >= 15 is 0 Å². The van der Waals surface area contributed by atoms with E-state index in [9.17, 15) is 0 Å². The highest BCUT2D eigenvalue weighted by molar-refractivity contribution is 7.80. The number of hydrogen-bond donors (Lipinski definition) is 1. The molecule has 5 heteroatoms. The van der Waals surface area contributed by atoms with Gasteiger partial charge in [0, 0.05) is 43.4 Å². The van der Waals surface area contributed by atoms with Gasteiger partial charge >= 0.3 is 0 Å². The molecule has 0 aliphatic carbocycles. The lowest BCUT2D eigenvalue weighted by molar-refractivity contribution is 0.903. The summed E-state index contributed by atoms with van der Waals surface area (Å²) in [5.41, 5.74) is 21.1. The van der Waals surface area contributed by atoms with E-state index in [-0.39, 0.29) is 0 Å². The number of anilines is 2. The molecule has 0 atom stereocenters. The molecule has 0 saturated heterocycles. The highest BCUT2D eigenvalue weighted by atomic mass is 32.1. The number of allylic oxidation sites excluding steroid dienone is 12. The van der Waals surface area contributed by atoms with Gasteiger partial charge in [-0.3, -0.25) is 0 Å². The van der Waals surface area contributed by atoms with Crippen LogP contribution in [-0.4, -0.2) is 12.4 Å². The zero-order chi connectivity index (χ0) is 45.1. The number of thiophene rings is 1. The first kappa shape index (κ1) is 44.3. The number of thiol groups is 1. The number of nitrogens with zero attached hydrogens (tertiary/aromatic N) is 2. The van der Waals surface area contributed by atoms with Crippen LogP contribution >= 0.6 is 24.0 Å². The fraction of sp³-hybridized carbons (Fsp3) is 0.153. The van der Waals surface area contributed by atoms with Gasteiger partial charge in [0.15, 0.2) is 0 Å². The summed E-state index contributed by atoms with van der Waals surface area (Å²) in [6.45, 7) is 23.9. The van der Waals surface area contributed by atoms with Crippen LogP contribution in [0.5, 0.6) is 0 Å². The molecule has 0 fully saturated rings. The van der Waals surface area contributed by atoms with Crippen molar-refractivity contribution in [3.05, 3.63) is 221 Å². The molecule has 2 aromatic heterocycles. The van der Waals surface area contributed by atoms with Crippen molar-refractivity contribution in [2.24, 2.45) is 0 Å². The number of hydrogen-bond acceptors (Lipinski definition) is 3. The van der Waals surface area contributed by atoms with Crippen molar-refractivity contribution in [3.8, 4) is 10.4 Å². The first-order chi connectivity index (χ1) is 31.0. The number of benzene rings is 5. The average molecular weight is 867 g/mol. The largest absolute Gasteiger partial charge is 0.316 e. The van der Waals surface area contributed by atoms with Crippen LogP contribution in [0, 0.1) is 6.92 Å². The third-order valence-corrected chi connectivity index (χ3v) is 13.9. The first-order valence-electron chi connectivity index (χ1n) is 22.0. The Bertz CT molecular complexity index is 3080. The molecule has 0 saturated carbocycles. The fourth-order valence-electron chi connectivity index (χ4n) is 9.21. The normalized spacial score (nSPS) is 15.2. The second kappa shape index (κ2) is 19.2. The van der Waals surface area contributed by atoms with Gasteiger partial charge in [0.25, 0.3) is 0 Å². The lowest BCUT2D eigenvalue weighted by Gasteiger charge is -2.25. The highest BCUT2D eigenvalue weighted by Gasteiger charge is 2.20. The van der Waals surface area contributed by atoms with Crippen LogP contribution in [-0.2, 0) is 12.8 Å². The lowest BCUT2D eigenvalue weighted by Crippen LogP contribution is -2.11. The Morgan fingerprint density at radius 2 is 1.44 bits per heavy atom. The van der Waals surface area contributed by atoms with Crippen LogP contribution in [0.15, 0.2) is 198 Å². The number of aromatic nitrogens is 1. The van der Waals surface area contributed by atoms with Gasteiger partial charge in [-0.15, -0.1) is 24.0 Å². The van der Waals surface area contributed by atoms with Gasteiger partial charge in [0.1, 0.15) is 7.85 Å². The van der Waals surface area contributed by atoms with E-state index < -0.39 is 0 Å². The van der Waals surface area contributed by atoms with E-state index in [1.54, 1.807) is 11.3 Å². The Kier molecular flexibility index (Phi) is 13.3. The van der Waals surface area contributed by atoms with E-state index in [1.165, 1.54) is 60.6 Å². The Morgan fingerprint density at radius 3 is 2.17 bits per heavy atom. The summed E-state index contributed by atoms with van der Waals surface area (Å²) >= 11 is 6.47. The fourth-order valence-corrected chi connectivity index (χ4v) is 10.4. The highest BCUT2D eigenvalue weighted by Crippen LogP contribution is 2.42. The van der Waals surface area contributed by atoms with Gasteiger partial charge in [0.2, 0.25) is 0 Å². The maximum atomic E-state index is 6.31. The van der Waals surface area contributed by atoms with E-state index in [1.807, 2.05) is 18.2 Å². The molecule has 0 unspecified atom stereocenters. The molecule has 2 radical (unpaired) electrons. The summed E-state index contributed by atoms with van der Waals surface area (Å²) in [5, 5.41) is 4.53. The summed E-state index contributed by atoms with van der Waals surface area (Å²) in [6.07, 6.45) is 16.3. The molecule has 5 aromatic carbocycles. The molecule has 7 aromatic rings. The third-order valence-electron chi connectivity index (χ3n) is 12.7. The average Bonchev–Trinajstić information content (AvgIpc) is 3.90. The molecule has 0 amide bonds. The van der Waals surface area contributed by atoms with Gasteiger partial charge < -0.3 is 9.47 Å². The van der Waals surface area contributed by atoms with Crippen molar-refractivity contribution in [2.45, 2.75) is 65.2 Å². The van der Waals surface area contributed by atoms with Crippen LogP contribution < -0.4 is 10.4 Å². The maximum absolute atomic E-state index is 6.31. The van der Waals surface area contributed by atoms with E-state index in [0.29, 0.717) is 0 Å². The summed E-state index contributed by atoms with van der Waals surface area (Å²) in [4.78, 5) is 4.47. The Hall–Kier alpha value is -6.27. The summed E-state index contributed by atoms with van der Waals surface area (Å²) in [5.74, 6) is 0. The maximum Gasteiger partial charge on any atom is 0.113 e. The minimum absolute atomic E-state index is 0.750. The zero-order valence-corrected chi connectivity index (χ0v) is 39.4. The third kappa shape index (κ3) is 8.93. The van der Waals surface area contributed by atoms with Crippen molar-refractivity contribution >= 4 is 87.3 Å². The molecule has 316 valence electrons. The Balaban J connectivity index is 1.04. The second-order valence-corrected chi connectivity index (χ2v) is 18.2. The Morgan fingerprint density at radius 1 is 0.766 bits per heavy atom. The quantitative estimate of drug-likeness (QED) is 0.0690. The van der Waals surface area contributed by atoms with Crippen molar-refractivity contribution in [3.63, 3.8) is 0 Å². The zero-order valence-electron chi connectivity index (χ0n) is 37.7. The van der Waals surface area contributed by atoms with Crippen LogP contribution in [0.25, 0.3) is 49.1 Å². The minimum atomic E-state index is 0.750. The molecular formula is C59H55BN2S2. The predicted octanol–water partition coefficient (Wildman–Crippen LogP) is 16.1. The van der Waals surface area contributed by atoms with Gasteiger partial charge in [-0.05, 0) is 165 Å². The molecule has 8 rings (SSSR count). The molecule has 64 heavy (non-hydrogen) atoms. The van der Waals surface area contributed by atoms with Gasteiger partial charge in [-0.25, -0.2) is 0 Å². The van der Waals surface area contributed by atoms with Crippen molar-refractivity contribution in [1.29, 1.82) is 0 Å². The molecule has 3 heterocycles. The summed E-state index contributed by atoms with van der Waals surface area (Å²) < 4.78 is 2.37. The second-order valence-electron chi connectivity index (χ2n) is 16.8. The Labute approximate surface area is 391 Å². The van der Waals surface area contributed by atoms with Crippen LogP contribution in [0.2, 0.25) is 0 Å². The topological polar surface area (TPSA) is 8.17 Å². The van der Waals surface area contributed by atoms with Crippen molar-refractivity contribution < 1.29 is 0 Å². The minimum Gasteiger partial charge on any atom is -0.316 e. The number of aryl methyl sites for hydroxylation is 3. The smallest absolute Gasteiger partial charge is 0.113 e. The van der Waals surface area contributed by atoms with Crippen molar-refractivity contribution in [2.75, 3.05) is 4.90 Å². The van der Waals surface area contributed by atoms with Crippen LogP contribution in [0.1, 0.15) is 68.4 Å².